The van der Waals surface area contributed by atoms with Crippen LogP contribution in [0, 0.1) is 6.92 Å². The fourth-order valence-electron chi connectivity index (χ4n) is 1.84. The molecule has 0 unspecified atom stereocenters. The number of hydrogen-bond donors (Lipinski definition) is 1. The van der Waals surface area contributed by atoms with Crippen LogP contribution < -0.4 is 4.90 Å². The summed E-state index contributed by atoms with van der Waals surface area (Å²) < 4.78 is 1.83. The molecule has 0 bridgehead atoms. The lowest BCUT2D eigenvalue weighted by atomic mass is 10.2. The summed E-state index contributed by atoms with van der Waals surface area (Å²) in [6.07, 6.45) is 1.86. The van der Waals surface area contributed by atoms with Crippen molar-refractivity contribution in [2.75, 3.05) is 19.0 Å². The van der Waals surface area contributed by atoms with Crippen molar-refractivity contribution in [3.63, 3.8) is 0 Å². The van der Waals surface area contributed by atoms with Crippen LogP contribution in [0.2, 0.25) is 0 Å². The predicted molar refractivity (Wildman–Crippen MR) is 65.6 cm³/mol. The number of carbonyl (C=O) groups is 1. The SMILES string of the molecule is Cc1nc2cc(N(C)C)ccn2c1CC(=O)O. The van der Waals surface area contributed by atoms with E-state index in [1.54, 1.807) is 0 Å². The van der Waals surface area contributed by atoms with Crippen LogP contribution in [-0.2, 0) is 11.2 Å². The predicted octanol–water partition coefficient (Wildman–Crippen LogP) is 1.34. The van der Waals surface area contributed by atoms with E-state index in [-0.39, 0.29) is 6.42 Å². The molecule has 5 nitrogen and oxygen atoms in total. The topological polar surface area (TPSA) is 57.8 Å². The van der Waals surface area contributed by atoms with Gasteiger partial charge in [0.2, 0.25) is 0 Å². The third-order valence-electron chi connectivity index (χ3n) is 2.74. The first-order chi connectivity index (χ1) is 7.99. The van der Waals surface area contributed by atoms with Gasteiger partial charge in [0.1, 0.15) is 5.65 Å². The molecule has 0 saturated carbocycles. The van der Waals surface area contributed by atoms with Crippen LogP contribution in [0.15, 0.2) is 18.3 Å². The van der Waals surface area contributed by atoms with Crippen molar-refractivity contribution in [1.29, 1.82) is 0 Å². The molecule has 5 heteroatoms. The minimum absolute atomic E-state index is 0.00564. The third kappa shape index (κ3) is 2.08. The highest BCUT2D eigenvalue weighted by atomic mass is 16.4. The van der Waals surface area contributed by atoms with Gasteiger partial charge in [0.05, 0.1) is 17.8 Å². The molecule has 2 rings (SSSR count). The van der Waals surface area contributed by atoms with Gasteiger partial charge in [-0.05, 0) is 13.0 Å². The zero-order valence-electron chi connectivity index (χ0n) is 10.1. The van der Waals surface area contributed by atoms with Crippen LogP contribution in [0.25, 0.3) is 5.65 Å². The molecule has 0 atom stereocenters. The molecule has 0 fully saturated rings. The standard InChI is InChI=1S/C12H15N3O2/c1-8-10(7-12(16)17)15-5-4-9(14(2)3)6-11(15)13-8/h4-6H,7H2,1-3H3,(H,16,17). The summed E-state index contributed by atoms with van der Waals surface area (Å²) in [6.45, 7) is 1.83. The summed E-state index contributed by atoms with van der Waals surface area (Å²) in [7, 11) is 3.92. The Labute approximate surface area is 99.3 Å². The number of hydrogen-bond acceptors (Lipinski definition) is 3. The second kappa shape index (κ2) is 4.08. The van der Waals surface area contributed by atoms with Crippen LogP contribution >= 0.6 is 0 Å². The van der Waals surface area contributed by atoms with E-state index in [0.29, 0.717) is 0 Å². The molecule has 0 amide bonds. The van der Waals surface area contributed by atoms with E-state index in [9.17, 15) is 4.79 Å². The molecule has 0 aliphatic heterocycles. The molecule has 17 heavy (non-hydrogen) atoms. The number of anilines is 1. The normalized spacial score (nSPS) is 10.8. The van der Waals surface area contributed by atoms with E-state index < -0.39 is 5.97 Å². The Bertz CT molecular complexity index is 572. The van der Waals surface area contributed by atoms with Crippen molar-refractivity contribution >= 4 is 17.3 Å². The molecule has 2 aromatic heterocycles. The summed E-state index contributed by atoms with van der Waals surface area (Å²) in [5, 5.41) is 8.86. The molecule has 0 aliphatic rings. The highest BCUT2D eigenvalue weighted by Crippen LogP contribution is 2.18. The fourth-order valence-corrected chi connectivity index (χ4v) is 1.84. The van der Waals surface area contributed by atoms with E-state index in [0.717, 1.165) is 22.7 Å². The van der Waals surface area contributed by atoms with Crippen molar-refractivity contribution in [1.82, 2.24) is 9.38 Å². The van der Waals surface area contributed by atoms with Gasteiger partial charge in [-0.2, -0.15) is 0 Å². The van der Waals surface area contributed by atoms with E-state index in [1.807, 2.05) is 48.6 Å². The van der Waals surface area contributed by atoms with Gasteiger partial charge in [0.25, 0.3) is 0 Å². The Morgan fingerprint density at radius 3 is 2.82 bits per heavy atom. The average molecular weight is 233 g/mol. The maximum absolute atomic E-state index is 10.8. The average Bonchev–Trinajstić information content (AvgIpc) is 2.54. The van der Waals surface area contributed by atoms with Gasteiger partial charge in [-0.1, -0.05) is 0 Å². The van der Waals surface area contributed by atoms with Gasteiger partial charge in [0.15, 0.2) is 0 Å². The number of fused-ring (bicyclic) bond motifs is 1. The van der Waals surface area contributed by atoms with Gasteiger partial charge in [-0.15, -0.1) is 0 Å². The van der Waals surface area contributed by atoms with Crippen molar-refractivity contribution in [2.45, 2.75) is 13.3 Å². The number of rotatable bonds is 3. The third-order valence-corrected chi connectivity index (χ3v) is 2.74. The Morgan fingerprint density at radius 2 is 2.24 bits per heavy atom. The first-order valence-electron chi connectivity index (χ1n) is 5.35. The molecule has 90 valence electrons. The van der Waals surface area contributed by atoms with Gasteiger partial charge in [0, 0.05) is 32.0 Å². The van der Waals surface area contributed by atoms with E-state index in [4.69, 9.17) is 5.11 Å². The second-order valence-electron chi connectivity index (χ2n) is 4.22. The summed E-state index contributed by atoms with van der Waals surface area (Å²) in [5.41, 5.74) is 3.33. The van der Waals surface area contributed by atoms with E-state index >= 15 is 0 Å². The summed E-state index contributed by atoms with van der Waals surface area (Å²) in [6, 6.07) is 3.89. The number of aromatic nitrogens is 2. The van der Waals surface area contributed by atoms with E-state index in [1.165, 1.54) is 0 Å². The van der Waals surface area contributed by atoms with E-state index in [2.05, 4.69) is 4.98 Å². The van der Waals surface area contributed by atoms with Crippen LogP contribution in [0.4, 0.5) is 5.69 Å². The molecule has 0 saturated heterocycles. The molecule has 0 radical (unpaired) electrons. The van der Waals surface area contributed by atoms with Crippen LogP contribution in [-0.4, -0.2) is 34.6 Å². The number of carboxylic acids is 1. The van der Waals surface area contributed by atoms with Crippen LogP contribution in [0.5, 0.6) is 0 Å². The Morgan fingerprint density at radius 1 is 1.53 bits per heavy atom. The van der Waals surface area contributed by atoms with Crippen molar-refractivity contribution < 1.29 is 9.90 Å². The fraction of sp³-hybridized carbons (Fsp3) is 0.333. The maximum atomic E-state index is 10.8. The zero-order valence-corrected chi connectivity index (χ0v) is 10.1. The summed E-state index contributed by atoms with van der Waals surface area (Å²) in [4.78, 5) is 17.2. The van der Waals surface area contributed by atoms with Crippen molar-refractivity contribution in [3.05, 3.63) is 29.7 Å². The van der Waals surface area contributed by atoms with Crippen LogP contribution in [0.3, 0.4) is 0 Å². The number of pyridine rings is 1. The smallest absolute Gasteiger partial charge is 0.309 e. The second-order valence-corrected chi connectivity index (χ2v) is 4.22. The summed E-state index contributed by atoms with van der Waals surface area (Å²) >= 11 is 0. The molecular formula is C12H15N3O2. The van der Waals surface area contributed by atoms with Crippen LogP contribution in [0.1, 0.15) is 11.4 Å². The number of imidazole rings is 1. The van der Waals surface area contributed by atoms with Gasteiger partial charge in [-0.25, -0.2) is 4.98 Å². The molecule has 2 heterocycles. The lowest BCUT2D eigenvalue weighted by molar-refractivity contribution is -0.136. The minimum atomic E-state index is -0.841. The number of nitrogens with zero attached hydrogens (tertiary/aromatic N) is 3. The molecular weight excluding hydrogens is 218 g/mol. The monoisotopic (exact) mass is 233 g/mol. The van der Waals surface area contributed by atoms with Crippen molar-refractivity contribution in [2.24, 2.45) is 0 Å². The highest BCUT2D eigenvalue weighted by molar-refractivity contribution is 5.71. The first kappa shape index (κ1) is 11.4. The highest BCUT2D eigenvalue weighted by Gasteiger charge is 2.12. The Hall–Kier alpha value is -2.04. The van der Waals surface area contributed by atoms with Gasteiger partial charge < -0.3 is 14.4 Å². The van der Waals surface area contributed by atoms with Gasteiger partial charge in [-0.3, -0.25) is 4.79 Å². The van der Waals surface area contributed by atoms with Gasteiger partial charge >= 0.3 is 5.97 Å². The maximum Gasteiger partial charge on any atom is 0.309 e. The minimum Gasteiger partial charge on any atom is -0.481 e. The number of carboxylic acid groups (broad SMARTS) is 1. The zero-order chi connectivity index (χ0) is 12.6. The Kier molecular flexibility index (Phi) is 2.75. The largest absolute Gasteiger partial charge is 0.481 e. The molecule has 2 aromatic rings. The molecule has 1 N–H and O–H groups in total. The number of aliphatic carboxylic acids is 1. The van der Waals surface area contributed by atoms with Crippen molar-refractivity contribution in [3.8, 4) is 0 Å². The first-order valence-corrected chi connectivity index (χ1v) is 5.35. The lowest BCUT2D eigenvalue weighted by Gasteiger charge is -2.12. The molecule has 0 aliphatic carbocycles. The Balaban J connectivity index is 2.56. The molecule has 0 aromatic carbocycles. The molecule has 0 spiro atoms. The lowest BCUT2D eigenvalue weighted by Crippen LogP contribution is -2.09. The summed E-state index contributed by atoms with van der Waals surface area (Å²) in [5.74, 6) is -0.841. The quantitative estimate of drug-likeness (QED) is 0.869. The number of aryl methyl sites for hydroxylation is 1.